The zero-order valence-electron chi connectivity index (χ0n) is 24.4. The molecule has 10 heteroatoms. The minimum atomic E-state index is -2.68. The van der Waals surface area contributed by atoms with E-state index in [4.69, 9.17) is 11.5 Å². The summed E-state index contributed by atoms with van der Waals surface area (Å²) in [6.07, 6.45) is 0.219. The highest BCUT2D eigenvalue weighted by Gasteiger charge is 2.64. The highest BCUT2D eigenvalue weighted by atomic mass is 16.3. The summed E-state index contributed by atoms with van der Waals surface area (Å²) in [5.74, 6) is -6.83. The molecule has 222 valence electrons. The molecule has 1 fully saturated rings. The van der Waals surface area contributed by atoms with Crippen molar-refractivity contribution in [2.45, 2.75) is 57.2 Å². The molecule has 0 heterocycles. The number of likely N-dealkylation sites (N-methyl/N-ethyl adjacent to an activating group) is 1. The lowest BCUT2D eigenvalue weighted by Gasteiger charge is -2.50. The van der Waals surface area contributed by atoms with Crippen LogP contribution in [0.3, 0.4) is 0 Å². The Kier molecular flexibility index (Phi) is 6.88. The van der Waals surface area contributed by atoms with Crippen molar-refractivity contribution in [1.29, 1.82) is 0 Å². The second kappa shape index (κ2) is 9.79. The van der Waals surface area contributed by atoms with E-state index in [0.29, 0.717) is 11.1 Å². The molecule has 4 atom stereocenters. The maximum absolute atomic E-state index is 14.1. The first-order chi connectivity index (χ1) is 19.5. The number of hydrogen-bond donors (Lipinski definition) is 6. The summed E-state index contributed by atoms with van der Waals surface area (Å²) >= 11 is 0. The van der Waals surface area contributed by atoms with Gasteiger partial charge in [0.25, 0.3) is 5.91 Å². The molecular formula is C32H37N3O7. The molecule has 0 aromatic heterocycles. The molecule has 1 saturated carbocycles. The Morgan fingerprint density at radius 1 is 1.10 bits per heavy atom. The van der Waals surface area contributed by atoms with Crippen LogP contribution in [0, 0.1) is 11.8 Å². The van der Waals surface area contributed by atoms with Crippen molar-refractivity contribution in [3.8, 4) is 16.9 Å². The van der Waals surface area contributed by atoms with E-state index >= 15 is 0 Å². The smallest absolute Gasteiger partial charge is 0.255 e. The largest absolute Gasteiger partial charge is 0.508 e. The van der Waals surface area contributed by atoms with Crippen molar-refractivity contribution in [1.82, 2.24) is 4.90 Å². The number of benzene rings is 2. The van der Waals surface area contributed by atoms with Gasteiger partial charge in [0.2, 0.25) is 5.78 Å². The number of fused-ring (bicyclic) bond motifs is 3. The zero-order chi connectivity index (χ0) is 31.0. The lowest BCUT2D eigenvalue weighted by Crippen LogP contribution is -2.65. The number of primary amides is 1. The first kappa shape index (κ1) is 29.5. The van der Waals surface area contributed by atoms with Crippen LogP contribution in [0.5, 0.6) is 5.75 Å². The number of rotatable bonds is 4. The van der Waals surface area contributed by atoms with Crippen LogP contribution in [0.15, 0.2) is 47.2 Å². The lowest BCUT2D eigenvalue weighted by atomic mass is 9.57. The van der Waals surface area contributed by atoms with E-state index < -0.39 is 58.0 Å². The maximum Gasteiger partial charge on any atom is 0.255 e. The number of amides is 1. The Labute approximate surface area is 243 Å². The molecule has 0 spiro atoms. The number of hydrogen-bond acceptors (Lipinski definition) is 9. The normalized spacial score (nSPS) is 25.9. The average molecular weight is 576 g/mol. The summed E-state index contributed by atoms with van der Waals surface area (Å²) in [5.41, 5.74) is 11.2. The average Bonchev–Trinajstić information content (AvgIpc) is 2.90. The minimum absolute atomic E-state index is 0.0214. The van der Waals surface area contributed by atoms with Gasteiger partial charge in [-0.1, -0.05) is 45.0 Å². The number of aromatic hydroxyl groups is 1. The molecule has 8 N–H and O–H groups in total. The molecule has 0 bridgehead atoms. The fourth-order valence-electron chi connectivity index (χ4n) is 6.93. The standard InChI is InChI=1S/C32H37N3O7/c1-31(2,3)17-8-6-14(7-9-17)18-11-16(13-33)25(36)22-19(18)10-15-12-20-24(35(4)5)27(38)23(30(34)41)29(40)32(20,42)28(39)21(15)26(22)37/h6-9,11,15,20,24,36-37,40,42H,10,12-13,33H2,1-5H3,(H2,34,41)/t15-,20-,24+,32-/m0/s1. The topological polar surface area (TPSA) is 187 Å². The van der Waals surface area contributed by atoms with E-state index in [1.54, 1.807) is 20.2 Å². The van der Waals surface area contributed by atoms with Gasteiger partial charge in [-0.25, -0.2) is 0 Å². The lowest BCUT2D eigenvalue weighted by molar-refractivity contribution is -0.153. The molecule has 0 aliphatic heterocycles. The van der Waals surface area contributed by atoms with Gasteiger partial charge in [-0.2, -0.15) is 0 Å². The monoisotopic (exact) mass is 575 g/mol. The van der Waals surface area contributed by atoms with Crippen molar-refractivity contribution in [3.63, 3.8) is 0 Å². The van der Waals surface area contributed by atoms with Crippen LogP contribution in [0.4, 0.5) is 0 Å². The number of Topliss-reactive ketones (excluding diaryl/α,β-unsaturated/α-hetero) is 2. The Hall–Kier alpha value is -3.99. The van der Waals surface area contributed by atoms with E-state index in [1.807, 2.05) is 24.3 Å². The predicted octanol–water partition coefficient (Wildman–Crippen LogP) is 2.39. The fourth-order valence-corrected chi connectivity index (χ4v) is 6.93. The van der Waals surface area contributed by atoms with Gasteiger partial charge < -0.3 is 31.9 Å². The van der Waals surface area contributed by atoms with Crippen LogP contribution < -0.4 is 11.5 Å². The number of carbonyl (C=O) groups is 3. The van der Waals surface area contributed by atoms with Crippen LogP contribution in [0.25, 0.3) is 16.9 Å². The summed E-state index contributed by atoms with van der Waals surface area (Å²) in [4.78, 5) is 41.1. The van der Waals surface area contributed by atoms with Crippen LogP contribution in [0.2, 0.25) is 0 Å². The molecule has 0 radical (unpaired) electrons. The van der Waals surface area contributed by atoms with E-state index in [-0.39, 0.29) is 41.7 Å². The second-order valence-corrected chi connectivity index (χ2v) is 12.8. The second-order valence-electron chi connectivity index (χ2n) is 12.8. The van der Waals surface area contributed by atoms with E-state index in [1.165, 1.54) is 4.90 Å². The maximum atomic E-state index is 14.1. The molecule has 0 unspecified atom stereocenters. The zero-order valence-corrected chi connectivity index (χ0v) is 24.4. The van der Waals surface area contributed by atoms with Crippen LogP contribution in [-0.2, 0) is 32.8 Å². The van der Waals surface area contributed by atoms with Gasteiger partial charge in [0.1, 0.15) is 22.8 Å². The molecule has 3 aliphatic rings. The highest BCUT2D eigenvalue weighted by molar-refractivity contribution is 6.24. The van der Waals surface area contributed by atoms with Gasteiger partial charge >= 0.3 is 0 Å². The number of phenols is 1. The third-order valence-corrected chi connectivity index (χ3v) is 9.08. The molecule has 1 amide bonds. The fraction of sp³-hybridized carbons (Fsp3) is 0.406. The minimum Gasteiger partial charge on any atom is -0.508 e. The molecule has 42 heavy (non-hydrogen) atoms. The van der Waals surface area contributed by atoms with Crippen molar-refractivity contribution in [2.75, 3.05) is 14.1 Å². The summed E-state index contributed by atoms with van der Waals surface area (Å²) in [6, 6.07) is 8.60. The first-order valence-electron chi connectivity index (χ1n) is 13.9. The van der Waals surface area contributed by atoms with Gasteiger partial charge in [0.15, 0.2) is 11.4 Å². The van der Waals surface area contributed by atoms with Crippen LogP contribution >= 0.6 is 0 Å². The molecule has 2 aromatic rings. The van der Waals surface area contributed by atoms with Gasteiger partial charge in [0.05, 0.1) is 11.6 Å². The summed E-state index contributed by atoms with van der Waals surface area (Å²) < 4.78 is 0. The summed E-state index contributed by atoms with van der Waals surface area (Å²) in [5, 5.41) is 45.6. The third kappa shape index (κ3) is 4.08. The first-order valence-corrected chi connectivity index (χ1v) is 13.9. The van der Waals surface area contributed by atoms with E-state index in [2.05, 4.69) is 20.8 Å². The summed E-state index contributed by atoms with van der Waals surface area (Å²) in [6.45, 7) is 6.28. The molecule has 10 nitrogen and oxygen atoms in total. The molecule has 0 saturated heterocycles. The van der Waals surface area contributed by atoms with Crippen LogP contribution in [-0.4, -0.2) is 68.5 Å². The number of carbonyl (C=O) groups excluding carboxylic acids is 3. The quantitative estimate of drug-likeness (QED) is 0.298. The van der Waals surface area contributed by atoms with Crippen molar-refractivity contribution < 1.29 is 34.8 Å². The van der Waals surface area contributed by atoms with Gasteiger partial charge in [-0.15, -0.1) is 0 Å². The molecular weight excluding hydrogens is 538 g/mol. The number of aliphatic hydroxyl groups is 3. The number of nitrogens with two attached hydrogens (primary N) is 2. The molecule has 2 aromatic carbocycles. The number of ketones is 2. The van der Waals surface area contributed by atoms with Gasteiger partial charge in [-0.05, 0) is 66.6 Å². The number of nitrogens with zero attached hydrogens (tertiary/aromatic N) is 1. The Balaban J connectivity index is 1.74. The number of aliphatic hydroxyl groups excluding tert-OH is 2. The molecule has 5 rings (SSSR count). The van der Waals surface area contributed by atoms with E-state index in [0.717, 1.165) is 16.7 Å². The molecule has 3 aliphatic carbocycles. The van der Waals surface area contributed by atoms with E-state index in [9.17, 15) is 34.8 Å². The Bertz CT molecular complexity index is 1600. The van der Waals surface area contributed by atoms with Gasteiger partial charge in [-0.3, -0.25) is 19.3 Å². The SMILES string of the molecule is CN(C)[C@H]1C(=O)C(C(N)=O)=C(O)[C@@]2(O)C(=O)C3=C(O)c4c(O)c(CN)cc(-c5ccc(C(C)(C)C)cc5)c4C[C@H]3C[C@@H]12. The third-order valence-electron chi connectivity index (χ3n) is 9.08. The predicted molar refractivity (Wildman–Crippen MR) is 156 cm³/mol. The van der Waals surface area contributed by atoms with Crippen molar-refractivity contribution >= 4 is 23.2 Å². The van der Waals surface area contributed by atoms with Crippen LogP contribution in [0.1, 0.15) is 49.4 Å². The van der Waals surface area contributed by atoms with Crippen molar-refractivity contribution in [3.05, 3.63) is 69.5 Å². The Morgan fingerprint density at radius 3 is 2.24 bits per heavy atom. The van der Waals surface area contributed by atoms with Crippen molar-refractivity contribution in [2.24, 2.45) is 23.3 Å². The highest BCUT2D eigenvalue weighted by Crippen LogP contribution is 2.54. The summed E-state index contributed by atoms with van der Waals surface area (Å²) in [7, 11) is 3.14. The Morgan fingerprint density at radius 2 is 1.71 bits per heavy atom. The van der Waals surface area contributed by atoms with Gasteiger partial charge in [0, 0.05) is 23.6 Å². The number of phenolic OH excluding ortho intramolecular Hbond substituents is 1.